The molecule has 0 aliphatic heterocycles. The van der Waals surface area contributed by atoms with Gasteiger partial charge in [0.1, 0.15) is 5.82 Å². The fraction of sp³-hybridized carbons (Fsp3) is 0.222. The number of nitrogens with one attached hydrogen (secondary N) is 1. The van der Waals surface area contributed by atoms with E-state index in [4.69, 9.17) is 4.74 Å². The number of aryl methyl sites for hydroxylation is 1. The van der Waals surface area contributed by atoms with Crippen LogP contribution in [0.15, 0.2) is 42.5 Å². The number of rotatable bonds is 4. The third-order valence-electron chi connectivity index (χ3n) is 3.60. The predicted octanol–water partition coefficient (Wildman–Crippen LogP) is 3.63. The first kappa shape index (κ1) is 16.7. The van der Waals surface area contributed by atoms with Crippen molar-refractivity contribution >= 4 is 17.6 Å². The van der Waals surface area contributed by atoms with Crippen molar-refractivity contribution in [2.24, 2.45) is 0 Å². The Labute approximate surface area is 134 Å². The minimum Gasteiger partial charge on any atom is -0.449 e. The van der Waals surface area contributed by atoms with E-state index in [2.05, 4.69) is 5.32 Å². The van der Waals surface area contributed by atoms with Gasteiger partial charge in [-0.3, -0.25) is 4.79 Å². The van der Waals surface area contributed by atoms with E-state index in [1.807, 2.05) is 26.0 Å². The molecule has 0 aliphatic carbocycles. The van der Waals surface area contributed by atoms with Crippen LogP contribution in [0.4, 0.5) is 10.1 Å². The standard InChI is InChI=1S/C18H18FNO3/c1-11-5-4-6-16(12(11)2)20-17(21)13(3)23-18(22)14-7-9-15(19)10-8-14/h4-10,13H,1-3H3,(H,20,21)/t13-/m0/s1. The number of carbonyl (C=O) groups excluding carboxylic acids is 2. The summed E-state index contributed by atoms with van der Waals surface area (Å²) in [4.78, 5) is 24.1. The minimum atomic E-state index is -0.965. The highest BCUT2D eigenvalue weighted by molar-refractivity contribution is 5.97. The molecular formula is C18H18FNO3. The van der Waals surface area contributed by atoms with E-state index in [1.165, 1.54) is 19.1 Å². The Bertz CT molecular complexity index is 726. The molecule has 0 bridgehead atoms. The second-order valence-corrected chi connectivity index (χ2v) is 5.29. The summed E-state index contributed by atoms with van der Waals surface area (Å²) in [5.74, 6) is -1.54. The molecule has 0 aromatic heterocycles. The Morgan fingerprint density at radius 3 is 2.39 bits per heavy atom. The molecule has 23 heavy (non-hydrogen) atoms. The van der Waals surface area contributed by atoms with Gasteiger partial charge >= 0.3 is 5.97 Å². The molecule has 1 atom stereocenters. The zero-order valence-corrected chi connectivity index (χ0v) is 13.2. The summed E-state index contributed by atoms with van der Waals surface area (Å²) < 4.78 is 17.9. The van der Waals surface area contributed by atoms with E-state index in [0.717, 1.165) is 23.3 Å². The summed E-state index contributed by atoms with van der Waals surface area (Å²) in [6, 6.07) is 10.5. The van der Waals surface area contributed by atoms with Crippen LogP contribution in [0, 0.1) is 19.7 Å². The number of hydrogen-bond acceptors (Lipinski definition) is 3. The lowest BCUT2D eigenvalue weighted by molar-refractivity contribution is -0.123. The number of ether oxygens (including phenoxy) is 1. The number of halogens is 1. The summed E-state index contributed by atoms with van der Waals surface area (Å²) in [7, 11) is 0. The Morgan fingerprint density at radius 1 is 1.09 bits per heavy atom. The van der Waals surface area contributed by atoms with Crippen LogP contribution in [0.5, 0.6) is 0 Å². The lowest BCUT2D eigenvalue weighted by Gasteiger charge is -2.15. The molecule has 0 unspecified atom stereocenters. The van der Waals surface area contributed by atoms with E-state index < -0.39 is 23.8 Å². The largest absolute Gasteiger partial charge is 0.449 e. The second kappa shape index (κ2) is 7.05. The Balaban J connectivity index is 2.01. The van der Waals surface area contributed by atoms with E-state index in [-0.39, 0.29) is 5.56 Å². The number of hydrogen-bond donors (Lipinski definition) is 1. The van der Waals surface area contributed by atoms with Gasteiger partial charge in [0, 0.05) is 5.69 Å². The van der Waals surface area contributed by atoms with Gasteiger partial charge in [0.15, 0.2) is 6.10 Å². The smallest absolute Gasteiger partial charge is 0.338 e. The lowest BCUT2D eigenvalue weighted by atomic mass is 10.1. The molecule has 0 saturated carbocycles. The molecule has 0 saturated heterocycles. The second-order valence-electron chi connectivity index (χ2n) is 5.29. The third-order valence-corrected chi connectivity index (χ3v) is 3.60. The van der Waals surface area contributed by atoms with Gasteiger partial charge in [-0.2, -0.15) is 0 Å². The van der Waals surface area contributed by atoms with Crippen LogP contribution >= 0.6 is 0 Å². The monoisotopic (exact) mass is 315 g/mol. The lowest BCUT2D eigenvalue weighted by Crippen LogP contribution is -2.30. The summed E-state index contributed by atoms with van der Waals surface area (Å²) in [6.45, 7) is 5.34. The van der Waals surface area contributed by atoms with E-state index in [9.17, 15) is 14.0 Å². The van der Waals surface area contributed by atoms with Crippen LogP contribution < -0.4 is 5.32 Å². The van der Waals surface area contributed by atoms with Crippen molar-refractivity contribution in [3.8, 4) is 0 Å². The van der Waals surface area contributed by atoms with Crippen molar-refractivity contribution in [1.82, 2.24) is 0 Å². The van der Waals surface area contributed by atoms with Crippen LogP contribution in [0.1, 0.15) is 28.4 Å². The Hall–Kier alpha value is -2.69. The quantitative estimate of drug-likeness (QED) is 0.877. The van der Waals surface area contributed by atoms with Crippen LogP contribution in [0.25, 0.3) is 0 Å². The van der Waals surface area contributed by atoms with Gasteiger partial charge in [-0.15, -0.1) is 0 Å². The highest BCUT2D eigenvalue weighted by Gasteiger charge is 2.19. The minimum absolute atomic E-state index is 0.192. The van der Waals surface area contributed by atoms with Crippen LogP contribution in [0.3, 0.4) is 0 Å². The zero-order valence-electron chi connectivity index (χ0n) is 13.2. The zero-order chi connectivity index (χ0) is 17.0. The first-order valence-electron chi connectivity index (χ1n) is 7.22. The molecule has 0 spiro atoms. The summed E-state index contributed by atoms with van der Waals surface area (Å²) >= 11 is 0. The van der Waals surface area contributed by atoms with Gasteiger partial charge in [0.2, 0.25) is 0 Å². The number of carbonyl (C=O) groups is 2. The molecular weight excluding hydrogens is 297 g/mol. The summed E-state index contributed by atoms with van der Waals surface area (Å²) in [5, 5.41) is 2.74. The maximum absolute atomic E-state index is 12.8. The summed E-state index contributed by atoms with van der Waals surface area (Å²) in [5.41, 5.74) is 2.88. The van der Waals surface area contributed by atoms with E-state index in [1.54, 1.807) is 6.07 Å². The van der Waals surface area contributed by atoms with Gasteiger partial charge in [0.05, 0.1) is 5.56 Å². The number of anilines is 1. The fourth-order valence-electron chi connectivity index (χ4n) is 1.99. The molecule has 2 aromatic carbocycles. The van der Waals surface area contributed by atoms with Crippen molar-refractivity contribution in [3.63, 3.8) is 0 Å². The molecule has 0 heterocycles. The van der Waals surface area contributed by atoms with Gasteiger partial charge in [-0.1, -0.05) is 12.1 Å². The van der Waals surface area contributed by atoms with Crippen molar-refractivity contribution in [2.45, 2.75) is 26.9 Å². The molecule has 0 radical (unpaired) electrons. The first-order chi connectivity index (χ1) is 10.9. The van der Waals surface area contributed by atoms with E-state index in [0.29, 0.717) is 5.69 Å². The van der Waals surface area contributed by atoms with Gasteiger partial charge in [0.25, 0.3) is 5.91 Å². The SMILES string of the molecule is Cc1cccc(NC(=O)[C@H](C)OC(=O)c2ccc(F)cc2)c1C. The average molecular weight is 315 g/mol. The highest BCUT2D eigenvalue weighted by Crippen LogP contribution is 2.18. The molecule has 2 aromatic rings. The molecule has 1 N–H and O–H groups in total. The molecule has 0 fully saturated rings. The normalized spacial score (nSPS) is 11.7. The third kappa shape index (κ3) is 4.16. The molecule has 2 rings (SSSR count). The Kier molecular flexibility index (Phi) is 5.11. The first-order valence-corrected chi connectivity index (χ1v) is 7.22. The number of amides is 1. The summed E-state index contributed by atoms with van der Waals surface area (Å²) in [6.07, 6.45) is -0.965. The fourth-order valence-corrected chi connectivity index (χ4v) is 1.99. The van der Waals surface area contributed by atoms with E-state index >= 15 is 0 Å². The predicted molar refractivity (Wildman–Crippen MR) is 85.8 cm³/mol. The highest BCUT2D eigenvalue weighted by atomic mass is 19.1. The Morgan fingerprint density at radius 2 is 1.74 bits per heavy atom. The van der Waals surface area contributed by atoms with Gasteiger partial charge in [-0.25, -0.2) is 9.18 Å². The van der Waals surface area contributed by atoms with Crippen molar-refractivity contribution in [1.29, 1.82) is 0 Å². The van der Waals surface area contributed by atoms with Crippen molar-refractivity contribution in [3.05, 3.63) is 65.0 Å². The van der Waals surface area contributed by atoms with Crippen LogP contribution in [0.2, 0.25) is 0 Å². The molecule has 0 aliphatic rings. The number of benzene rings is 2. The van der Waals surface area contributed by atoms with Gasteiger partial charge in [-0.05, 0) is 62.2 Å². The van der Waals surface area contributed by atoms with Crippen molar-refractivity contribution < 1.29 is 18.7 Å². The van der Waals surface area contributed by atoms with Crippen LogP contribution in [-0.4, -0.2) is 18.0 Å². The molecule has 4 nitrogen and oxygen atoms in total. The maximum atomic E-state index is 12.8. The number of esters is 1. The van der Waals surface area contributed by atoms with Crippen molar-refractivity contribution in [2.75, 3.05) is 5.32 Å². The molecule has 120 valence electrons. The van der Waals surface area contributed by atoms with Crippen LogP contribution in [-0.2, 0) is 9.53 Å². The van der Waals surface area contributed by atoms with Gasteiger partial charge < -0.3 is 10.1 Å². The maximum Gasteiger partial charge on any atom is 0.338 e. The average Bonchev–Trinajstić information content (AvgIpc) is 2.52. The molecule has 5 heteroatoms. The molecule has 1 amide bonds. The topological polar surface area (TPSA) is 55.4 Å².